The first-order valence-electron chi connectivity index (χ1n) is 6.83. The zero-order valence-corrected chi connectivity index (χ0v) is 12.9. The maximum Gasteiger partial charge on any atom is 0.337 e. The van der Waals surface area contributed by atoms with E-state index in [0.29, 0.717) is 17.1 Å². The highest BCUT2D eigenvalue weighted by molar-refractivity contribution is 5.96. The molecule has 6 nitrogen and oxygen atoms in total. The Balaban J connectivity index is 2.17. The van der Waals surface area contributed by atoms with E-state index in [1.165, 1.54) is 14.2 Å². The predicted molar refractivity (Wildman–Crippen MR) is 83.6 cm³/mol. The van der Waals surface area contributed by atoms with E-state index in [1.54, 1.807) is 42.5 Å². The van der Waals surface area contributed by atoms with Crippen molar-refractivity contribution in [3.8, 4) is 11.5 Å². The number of carbonyl (C=O) groups excluding carboxylic acids is 2. The second-order valence-electron chi connectivity index (χ2n) is 4.68. The number of benzene rings is 2. The first-order chi connectivity index (χ1) is 11.1. The fourth-order valence-electron chi connectivity index (χ4n) is 2.03. The van der Waals surface area contributed by atoms with Crippen molar-refractivity contribution in [3.05, 3.63) is 59.2 Å². The minimum atomic E-state index is -0.597. The van der Waals surface area contributed by atoms with Crippen molar-refractivity contribution in [1.82, 2.24) is 0 Å². The molecular weight excluding hydrogens is 298 g/mol. The topological polar surface area (TPSA) is 87.8 Å². The Morgan fingerprint density at radius 1 is 1.04 bits per heavy atom. The molecule has 23 heavy (non-hydrogen) atoms. The maximum absolute atomic E-state index is 11.5. The Hall–Kier alpha value is -3.02. The molecule has 0 atom stereocenters. The lowest BCUT2D eigenvalue weighted by atomic mass is 10.1. The van der Waals surface area contributed by atoms with Gasteiger partial charge in [-0.25, -0.2) is 4.79 Å². The molecule has 0 aliphatic rings. The smallest absolute Gasteiger partial charge is 0.337 e. The van der Waals surface area contributed by atoms with Crippen LogP contribution in [0.25, 0.3) is 0 Å². The Bertz CT molecular complexity index is 709. The summed E-state index contributed by atoms with van der Waals surface area (Å²) < 4.78 is 15.5. The molecule has 0 saturated carbocycles. The zero-order chi connectivity index (χ0) is 16.8. The molecule has 0 bridgehead atoms. The molecule has 0 aliphatic heterocycles. The van der Waals surface area contributed by atoms with Crippen LogP contribution in [0.4, 0.5) is 0 Å². The molecule has 2 aromatic rings. The zero-order valence-electron chi connectivity index (χ0n) is 12.9. The summed E-state index contributed by atoms with van der Waals surface area (Å²) in [5.41, 5.74) is 6.86. The Kier molecular flexibility index (Phi) is 5.19. The normalized spacial score (nSPS) is 10.0. The highest BCUT2D eigenvalue weighted by Gasteiger charge is 2.15. The lowest BCUT2D eigenvalue weighted by Crippen LogP contribution is -2.13. The van der Waals surface area contributed by atoms with Crippen LogP contribution in [0.3, 0.4) is 0 Å². The summed E-state index contributed by atoms with van der Waals surface area (Å²) in [6.07, 6.45) is 0. The van der Waals surface area contributed by atoms with Crippen molar-refractivity contribution in [2.45, 2.75) is 6.61 Å². The first kappa shape index (κ1) is 16.4. The summed E-state index contributed by atoms with van der Waals surface area (Å²) in [5, 5.41) is 0. The fourth-order valence-corrected chi connectivity index (χ4v) is 2.03. The van der Waals surface area contributed by atoms with Gasteiger partial charge in [0.1, 0.15) is 6.61 Å². The number of methoxy groups -OCH3 is 2. The average Bonchev–Trinajstić information content (AvgIpc) is 2.59. The molecule has 0 unspecified atom stereocenters. The molecule has 2 aromatic carbocycles. The monoisotopic (exact) mass is 315 g/mol. The number of hydrogen-bond acceptors (Lipinski definition) is 5. The molecule has 2 rings (SSSR count). The predicted octanol–water partition coefficient (Wildman–Crippen LogP) is 2.16. The van der Waals surface area contributed by atoms with Crippen LogP contribution in [0.1, 0.15) is 26.3 Å². The van der Waals surface area contributed by atoms with Gasteiger partial charge in [0, 0.05) is 0 Å². The highest BCUT2D eigenvalue weighted by Crippen LogP contribution is 2.31. The summed E-state index contributed by atoms with van der Waals surface area (Å²) in [5.74, 6) is -0.287. The van der Waals surface area contributed by atoms with Gasteiger partial charge in [0.15, 0.2) is 11.5 Å². The number of carbonyl (C=O) groups is 2. The van der Waals surface area contributed by atoms with Crippen LogP contribution in [0.2, 0.25) is 0 Å². The van der Waals surface area contributed by atoms with Gasteiger partial charge in [-0.15, -0.1) is 0 Å². The number of nitrogens with two attached hydrogens (primary N) is 1. The molecule has 0 spiro atoms. The van der Waals surface area contributed by atoms with Crippen molar-refractivity contribution < 1.29 is 23.8 Å². The van der Waals surface area contributed by atoms with Gasteiger partial charge < -0.3 is 19.9 Å². The third-order valence-electron chi connectivity index (χ3n) is 3.22. The van der Waals surface area contributed by atoms with Gasteiger partial charge in [-0.1, -0.05) is 18.2 Å². The minimum absolute atomic E-state index is 0.197. The summed E-state index contributed by atoms with van der Waals surface area (Å²) in [6.45, 7) is 0.197. The Labute approximate surface area is 133 Å². The minimum Gasteiger partial charge on any atom is -0.493 e. The van der Waals surface area contributed by atoms with Crippen LogP contribution in [-0.4, -0.2) is 26.1 Å². The molecule has 0 heterocycles. The summed E-state index contributed by atoms with van der Waals surface area (Å²) >= 11 is 0. The molecule has 1 amide bonds. The van der Waals surface area contributed by atoms with Gasteiger partial charge in [0.2, 0.25) is 0 Å². The van der Waals surface area contributed by atoms with Crippen molar-refractivity contribution in [3.63, 3.8) is 0 Å². The van der Waals surface area contributed by atoms with Crippen molar-refractivity contribution in [2.75, 3.05) is 14.2 Å². The Morgan fingerprint density at radius 2 is 1.74 bits per heavy atom. The molecule has 6 heteroatoms. The van der Waals surface area contributed by atoms with Gasteiger partial charge in [0.25, 0.3) is 5.91 Å². The summed E-state index contributed by atoms with van der Waals surface area (Å²) in [6, 6.07) is 11.7. The largest absolute Gasteiger partial charge is 0.493 e. The summed E-state index contributed by atoms with van der Waals surface area (Å²) in [7, 11) is 2.81. The molecule has 0 fully saturated rings. The van der Waals surface area contributed by atoms with E-state index in [1.807, 2.05) is 0 Å². The number of para-hydroxylation sites is 1. The lowest BCUT2D eigenvalue weighted by Gasteiger charge is -2.13. The van der Waals surface area contributed by atoms with E-state index in [2.05, 4.69) is 4.74 Å². The van der Waals surface area contributed by atoms with Crippen LogP contribution >= 0.6 is 0 Å². The molecule has 120 valence electrons. The average molecular weight is 315 g/mol. The SMILES string of the molecule is COC(=O)c1ccc(COc2c(OC)cccc2C(N)=O)cc1. The van der Waals surface area contributed by atoms with Crippen LogP contribution < -0.4 is 15.2 Å². The third-order valence-corrected chi connectivity index (χ3v) is 3.22. The van der Waals surface area contributed by atoms with Gasteiger partial charge in [-0.3, -0.25) is 4.79 Å². The number of hydrogen-bond donors (Lipinski definition) is 1. The van der Waals surface area contributed by atoms with Crippen LogP contribution in [0, 0.1) is 0 Å². The van der Waals surface area contributed by atoms with Gasteiger partial charge in [-0.05, 0) is 29.8 Å². The highest BCUT2D eigenvalue weighted by atomic mass is 16.5. The Morgan fingerprint density at radius 3 is 2.30 bits per heavy atom. The number of ether oxygens (including phenoxy) is 3. The lowest BCUT2D eigenvalue weighted by molar-refractivity contribution is 0.0600. The van der Waals surface area contributed by atoms with Crippen LogP contribution in [-0.2, 0) is 11.3 Å². The first-order valence-corrected chi connectivity index (χ1v) is 6.83. The number of esters is 1. The van der Waals surface area contributed by atoms with Crippen molar-refractivity contribution >= 4 is 11.9 Å². The van der Waals surface area contributed by atoms with Gasteiger partial charge >= 0.3 is 5.97 Å². The third kappa shape index (κ3) is 3.79. The van der Waals surface area contributed by atoms with Crippen LogP contribution in [0.5, 0.6) is 11.5 Å². The molecule has 2 N–H and O–H groups in total. The molecule has 0 aromatic heterocycles. The van der Waals surface area contributed by atoms with E-state index in [4.69, 9.17) is 15.2 Å². The number of rotatable bonds is 6. The maximum atomic E-state index is 11.5. The van der Waals surface area contributed by atoms with E-state index < -0.39 is 11.9 Å². The van der Waals surface area contributed by atoms with Crippen molar-refractivity contribution in [2.24, 2.45) is 5.73 Å². The number of amides is 1. The standard InChI is InChI=1S/C17H17NO5/c1-21-14-5-3-4-13(16(18)19)15(14)23-10-11-6-8-12(9-7-11)17(20)22-2/h3-9H,10H2,1-2H3,(H2,18,19). The second kappa shape index (κ2) is 7.31. The van der Waals surface area contributed by atoms with Crippen molar-refractivity contribution in [1.29, 1.82) is 0 Å². The van der Waals surface area contributed by atoms with E-state index in [0.717, 1.165) is 5.56 Å². The molecule has 0 saturated heterocycles. The van der Waals surface area contributed by atoms with Gasteiger partial charge in [0.05, 0.1) is 25.3 Å². The molecule has 0 aliphatic carbocycles. The van der Waals surface area contributed by atoms with E-state index >= 15 is 0 Å². The second-order valence-corrected chi connectivity index (χ2v) is 4.68. The van der Waals surface area contributed by atoms with E-state index in [9.17, 15) is 9.59 Å². The quantitative estimate of drug-likeness (QED) is 0.825. The fraction of sp³-hybridized carbons (Fsp3) is 0.176. The number of primary amides is 1. The molecule has 0 radical (unpaired) electrons. The summed E-state index contributed by atoms with van der Waals surface area (Å²) in [4.78, 5) is 22.9. The van der Waals surface area contributed by atoms with Gasteiger partial charge in [-0.2, -0.15) is 0 Å². The van der Waals surface area contributed by atoms with Crippen LogP contribution in [0.15, 0.2) is 42.5 Å². The van der Waals surface area contributed by atoms with E-state index in [-0.39, 0.29) is 12.2 Å². The molecular formula is C17H17NO5.